The van der Waals surface area contributed by atoms with E-state index in [9.17, 15) is 12.3 Å². The van der Waals surface area contributed by atoms with Crippen LogP contribution in [-0.2, 0) is 10.2 Å². The lowest BCUT2D eigenvalue weighted by Gasteiger charge is -1.99. The highest BCUT2D eigenvalue weighted by Crippen LogP contribution is 2.37. The van der Waals surface area contributed by atoms with E-state index in [2.05, 4.69) is 0 Å². The number of halogens is 1. The van der Waals surface area contributed by atoms with Crippen molar-refractivity contribution in [3.63, 3.8) is 0 Å². The van der Waals surface area contributed by atoms with Gasteiger partial charge in [0, 0.05) is 15.0 Å². The first-order chi connectivity index (χ1) is 7.30. The molecule has 1 heterocycles. The molecular formula is C11H11FO2S2. The minimum absolute atomic E-state index is 0.167. The predicted molar refractivity (Wildman–Crippen MR) is 64.3 cm³/mol. The zero-order valence-corrected chi connectivity index (χ0v) is 10.8. The topological polar surface area (TPSA) is 34.1 Å². The van der Waals surface area contributed by atoms with Gasteiger partial charge in [0.2, 0.25) is 0 Å². The van der Waals surface area contributed by atoms with Crippen LogP contribution in [0.3, 0.4) is 0 Å². The van der Waals surface area contributed by atoms with E-state index >= 15 is 0 Å². The van der Waals surface area contributed by atoms with E-state index in [1.54, 1.807) is 13.0 Å². The van der Waals surface area contributed by atoms with Gasteiger partial charge in [-0.3, -0.25) is 0 Å². The van der Waals surface area contributed by atoms with Gasteiger partial charge in [-0.1, -0.05) is 11.6 Å². The van der Waals surface area contributed by atoms with Crippen molar-refractivity contribution in [3.05, 3.63) is 28.1 Å². The molecule has 0 amide bonds. The molecule has 1 aromatic heterocycles. The summed E-state index contributed by atoms with van der Waals surface area (Å²) in [4.78, 5) is 0.338. The smallest absolute Gasteiger partial charge is 0.189 e. The van der Waals surface area contributed by atoms with E-state index in [0.29, 0.717) is 10.3 Å². The summed E-state index contributed by atoms with van der Waals surface area (Å²) >= 11 is 1.32. The van der Waals surface area contributed by atoms with Crippen LogP contribution in [-0.4, -0.2) is 8.42 Å². The first-order valence-corrected chi connectivity index (χ1v) is 6.95. The molecule has 5 heteroatoms. The largest absolute Gasteiger partial charge is 0.333 e. The second-order valence-corrected chi connectivity index (χ2v) is 6.39. The number of thiophene rings is 1. The number of benzene rings is 1. The zero-order valence-electron chi connectivity index (χ0n) is 9.17. The van der Waals surface area contributed by atoms with E-state index < -0.39 is 10.2 Å². The fourth-order valence-corrected chi connectivity index (χ4v) is 4.21. The van der Waals surface area contributed by atoms with Crippen LogP contribution >= 0.6 is 11.3 Å². The van der Waals surface area contributed by atoms with Crippen LogP contribution in [0.15, 0.2) is 17.0 Å². The third kappa shape index (κ3) is 1.74. The maximum Gasteiger partial charge on any atom is 0.333 e. The molecule has 1 aromatic carbocycles. The molecule has 2 rings (SSSR count). The summed E-state index contributed by atoms with van der Waals surface area (Å²) in [5.41, 5.74) is 1.92. The highest BCUT2D eigenvalue weighted by molar-refractivity contribution is 7.86. The lowest BCUT2D eigenvalue weighted by molar-refractivity contribution is 0.553. The molecule has 0 aliphatic carbocycles. The van der Waals surface area contributed by atoms with Crippen molar-refractivity contribution < 1.29 is 12.3 Å². The van der Waals surface area contributed by atoms with Gasteiger partial charge in [-0.15, -0.1) is 15.2 Å². The van der Waals surface area contributed by atoms with E-state index in [-0.39, 0.29) is 4.90 Å². The Kier molecular flexibility index (Phi) is 2.55. The third-order valence-electron chi connectivity index (χ3n) is 2.48. The standard InChI is InChI=1S/C11H11FO2S2/c1-6-4-7(2)10-9(5-6)11(8(3)15-10)16(12,13)14/h4-5H,1-3H3. The van der Waals surface area contributed by atoms with Crippen LogP contribution in [0.2, 0.25) is 0 Å². The number of fused-ring (bicyclic) bond motifs is 1. The second kappa shape index (κ2) is 3.53. The average molecular weight is 258 g/mol. The van der Waals surface area contributed by atoms with E-state index in [1.807, 2.05) is 19.9 Å². The zero-order chi connectivity index (χ0) is 12.1. The van der Waals surface area contributed by atoms with Gasteiger partial charge in [0.25, 0.3) is 0 Å². The summed E-state index contributed by atoms with van der Waals surface area (Å²) in [6.07, 6.45) is 0. The van der Waals surface area contributed by atoms with Crippen LogP contribution in [0.5, 0.6) is 0 Å². The second-order valence-electron chi connectivity index (χ2n) is 3.88. The molecule has 0 saturated heterocycles. The molecule has 0 N–H and O–H groups in total. The highest BCUT2D eigenvalue weighted by atomic mass is 32.3. The maximum absolute atomic E-state index is 13.2. The van der Waals surface area contributed by atoms with Crippen molar-refractivity contribution >= 4 is 31.6 Å². The van der Waals surface area contributed by atoms with Crippen molar-refractivity contribution in [2.24, 2.45) is 0 Å². The molecule has 0 bridgehead atoms. The summed E-state index contributed by atoms with van der Waals surface area (Å²) in [5.74, 6) is 0. The molecule has 0 fully saturated rings. The van der Waals surface area contributed by atoms with E-state index in [1.165, 1.54) is 11.3 Å². The molecule has 0 saturated carbocycles. The Bertz CT molecular complexity index is 669. The summed E-state index contributed by atoms with van der Waals surface area (Å²) in [7, 11) is -4.64. The van der Waals surface area contributed by atoms with Gasteiger partial charge >= 0.3 is 10.2 Å². The molecule has 86 valence electrons. The fourth-order valence-electron chi connectivity index (χ4n) is 1.95. The Labute approximate surface area is 97.9 Å². The van der Waals surface area contributed by atoms with Crippen molar-refractivity contribution in [2.45, 2.75) is 25.7 Å². The number of rotatable bonds is 1. The molecule has 0 unspecified atom stereocenters. The number of hydrogen-bond acceptors (Lipinski definition) is 3. The molecule has 0 aliphatic rings. The van der Waals surface area contributed by atoms with E-state index in [4.69, 9.17) is 0 Å². The summed E-state index contributed by atoms with van der Waals surface area (Å²) in [6, 6.07) is 3.69. The van der Waals surface area contributed by atoms with Crippen molar-refractivity contribution in [2.75, 3.05) is 0 Å². The predicted octanol–water partition coefficient (Wildman–Crippen LogP) is 3.48. The van der Waals surface area contributed by atoms with Crippen molar-refractivity contribution in [3.8, 4) is 0 Å². The van der Waals surface area contributed by atoms with Gasteiger partial charge in [-0.2, -0.15) is 8.42 Å². The monoisotopic (exact) mass is 258 g/mol. The lowest BCUT2D eigenvalue weighted by atomic mass is 10.1. The van der Waals surface area contributed by atoms with E-state index in [0.717, 1.165) is 15.8 Å². The van der Waals surface area contributed by atoms with Gasteiger partial charge in [-0.05, 0) is 32.4 Å². The average Bonchev–Trinajstić information content (AvgIpc) is 2.40. The van der Waals surface area contributed by atoms with Crippen LogP contribution in [0.25, 0.3) is 10.1 Å². The Morgan fingerprint density at radius 2 is 1.81 bits per heavy atom. The van der Waals surface area contributed by atoms with Gasteiger partial charge in [0.15, 0.2) is 0 Å². The minimum Gasteiger partial charge on any atom is -0.189 e. The first-order valence-electron chi connectivity index (χ1n) is 4.75. The summed E-state index contributed by atoms with van der Waals surface area (Å²) < 4.78 is 36.2. The normalized spacial score (nSPS) is 12.2. The molecule has 0 radical (unpaired) electrons. The maximum atomic E-state index is 13.2. The molecular weight excluding hydrogens is 247 g/mol. The fraction of sp³-hybridized carbons (Fsp3) is 0.273. The highest BCUT2D eigenvalue weighted by Gasteiger charge is 2.22. The quantitative estimate of drug-likeness (QED) is 0.734. The molecule has 0 atom stereocenters. The SMILES string of the molecule is Cc1cc(C)c2sc(C)c(S(=O)(=O)F)c2c1. The van der Waals surface area contributed by atoms with Crippen LogP contribution in [0.1, 0.15) is 16.0 Å². The molecule has 0 aliphatic heterocycles. The first kappa shape index (κ1) is 11.5. The number of hydrogen-bond donors (Lipinski definition) is 0. The minimum atomic E-state index is -4.64. The molecule has 16 heavy (non-hydrogen) atoms. The summed E-state index contributed by atoms with van der Waals surface area (Å²) in [5, 5.41) is 0.502. The van der Waals surface area contributed by atoms with Crippen molar-refractivity contribution in [1.29, 1.82) is 0 Å². The molecule has 0 spiro atoms. The van der Waals surface area contributed by atoms with Crippen molar-refractivity contribution in [1.82, 2.24) is 0 Å². The van der Waals surface area contributed by atoms with Crippen LogP contribution < -0.4 is 0 Å². The lowest BCUT2D eigenvalue weighted by Crippen LogP contribution is -1.92. The van der Waals surface area contributed by atoms with Crippen LogP contribution in [0, 0.1) is 20.8 Å². The van der Waals surface area contributed by atoms with Gasteiger partial charge in [-0.25, -0.2) is 0 Å². The molecule has 2 nitrogen and oxygen atoms in total. The number of aryl methyl sites for hydroxylation is 3. The summed E-state index contributed by atoms with van der Waals surface area (Å²) in [6.45, 7) is 5.40. The Hall–Kier alpha value is -0.940. The Balaban J connectivity index is 3.01. The Morgan fingerprint density at radius 3 is 2.38 bits per heavy atom. The third-order valence-corrected chi connectivity index (χ3v) is 4.88. The van der Waals surface area contributed by atoms with Crippen LogP contribution in [0.4, 0.5) is 3.89 Å². The Morgan fingerprint density at radius 1 is 1.19 bits per heavy atom. The van der Waals surface area contributed by atoms with Gasteiger partial charge < -0.3 is 0 Å². The van der Waals surface area contributed by atoms with Gasteiger partial charge in [0.1, 0.15) is 4.90 Å². The molecule has 2 aromatic rings. The van der Waals surface area contributed by atoms with Gasteiger partial charge in [0.05, 0.1) is 0 Å².